The third-order valence-corrected chi connectivity index (χ3v) is 6.02. The summed E-state index contributed by atoms with van der Waals surface area (Å²) in [6, 6.07) is 3.89. The molecule has 0 radical (unpaired) electrons. The van der Waals surface area contributed by atoms with Crippen molar-refractivity contribution in [3.05, 3.63) is 41.0 Å². The number of ether oxygens (including phenoxy) is 5. The normalized spacial score (nSPS) is 17.1. The number of fused-ring (bicyclic) bond motifs is 1. The number of carbonyl (C=O) groups is 5. The number of alkyl carbamates (subject to hydrolysis) is 1. The zero-order valence-corrected chi connectivity index (χ0v) is 24.3. The quantitative estimate of drug-likeness (QED) is 0.215. The van der Waals surface area contributed by atoms with E-state index in [1.165, 1.54) is 0 Å². The molecule has 13 heteroatoms. The molecule has 1 saturated heterocycles. The highest BCUT2D eigenvalue weighted by Gasteiger charge is 2.44. The second-order valence-corrected chi connectivity index (χ2v) is 10.5. The molecule has 1 unspecified atom stereocenters. The second kappa shape index (κ2) is 16.1. The van der Waals surface area contributed by atoms with Crippen LogP contribution >= 0.6 is 0 Å². The SMILES string of the molecule is CC(C)(C)OC(=O)NCCOCCOCCOCCOC/C=C/c1ccc2c(c1)C(=O)N(C1CCC(=O)NC1=O)C2=O. The summed E-state index contributed by atoms with van der Waals surface area (Å²) >= 11 is 0. The fourth-order valence-electron chi connectivity index (χ4n) is 4.13. The molecule has 42 heavy (non-hydrogen) atoms. The van der Waals surface area contributed by atoms with Gasteiger partial charge in [0.05, 0.1) is 64.0 Å². The minimum Gasteiger partial charge on any atom is -0.444 e. The Labute approximate surface area is 244 Å². The van der Waals surface area contributed by atoms with Crippen LogP contribution in [0.15, 0.2) is 24.3 Å². The lowest BCUT2D eigenvalue weighted by Gasteiger charge is -2.27. The summed E-state index contributed by atoms with van der Waals surface area (Å²) in [6.45, 7) is 8.86. The number of imide groups is 2. The first-order valence-electron chi connectivity index (χ1n) is 13.9. The molecule has 1 aromatic carbocycles. The van der Waals surface area contributed by atoms with Crippen LogP contribution in [-0.2, 0) is 33.3 Å². The van der Waals surface area contributed by atoms with E-state index in [0.717, 1.165) is 4.90 Å². The predicted octanol–water partition coefficient (Wildman–Crippen LogP) is 1.69. The van der Waals surface area contributed by atoms with E-state index in [1.807, 2.05) is 0 Å². The van der Waals surface area contributed by atoms with E-state index in [9.17, 15) is 24.0 Å². The topological polar surface area (TPSA) is 159 Å². The Hall–Kier alpha value is -3.65. The van der Waals surface area contributed by atoms with Gasteiger partial charge in [0.25, 0.3) is 11.8 Å². The van der Waals surface area contributed by atoms with Gasteiger partial charge in [0.2, 0.25) is 11.8 Å². The van der Waals surface area contributed by atoms with Gasteiger partial charge < -0.3 is 29.0 Å². The molecule has 0 aliphatic carbocycles. The van der Waals surface area contributed by atoms with Crippen molar-refractivity contribution in [2.24, 2.45) is 0 Å². The minimum absolute atomic E-state index is 0.0747. The molecule has 2 aliphatic rings. The van der Waals surface area contributed by atoms with Crippen molar-refractivity contribution in [2.75, 3.05) is 59.4 Å². The zero-order chi connectivity index (χ0) is 30.5. The number of rotatable bonds is 16. The second-order valence-electron chi connectivity index (χ2n) is 10.5. The Kier molecular flexibility index (Phi) is 12.6. The maximum atomic E-state index is 12.9. The molecule has 2 aliphatic heterocycles. The average molecular weight is 590 g/mol. The van der Waals surface area contributed by atoms with Crippen LogP contribution in [0.2, 0.25) is 0 Å². The average Bonchev–Trinajstić information content (AvgIpc) is 3.16. The third-order valence-electron chi connectivity index (χ3n) is 6.02. The number of benzene rings is 1. The standard InChI is InChI=1S/C29H39N3O10/c1-29(2,3)42-28(37)30-10-12-39-14-16-41-18-17-40-15-13-38-11-4-5-20-6-7-21-22(19-20)27(36)32(26(21)35)23-8-9-24(33)31-25(23)34/h4-7,19,23H,8-18H2,1-3H3,(H,30,37)(H,31,33,34)/b5-4+. The first-order chi connectivity index (χ1) is 20.1. The maximum absolute atomic E-state index is 12.9. The summed E-state index contributed by atoms with van der Waals surface area (Å²) in [7, 11) is 0. The highest BCUT2D eigenvalue weighted by atomic mass is 16.6. The number of piperidine rings is 1. The molecule has 1 fully saturated rings. The minimum atomic E-state index is -0.989. The van der Waals surface area contributed by atoms with Crippen LogP contribution in [0.1, 0.15) is 59.9 Å². The molecule has 13 nitrogen and oxygen atoms in total. The van der Waals surface area contributed by atoms with Gasteiger partial charge in [0.15, 0.2) is 0 Å². The molecule has 2 N–H and O–H groups in total. The fraction of sp³-hybridized carbons (Fsp3) is 0.552. The fourth-order valence-corrected chi connectivity index (χ4v) is 4.13. The number of amides is 5. The van der Waals surface area contributed by atoms with E-state index in [4.69, 9.17) is 23.7 Å². The Balaban J connectivity index is 1.21. The van der Waals surface area contributed by atoms with Crippen molar-refractivity contribution in [1.82, 2.24) is 15.5 Å². The van der Waals surface area contributed by atoms with Gasteiger partial charge in [-0.1, -0.05) is 18.2 Å². The predicted molar refractivity (Wildman–Crippen MR) is 150 cm³/mol. The van der Waals surface area contributed by atoms with E-state index in [-0.39, 0.29) is 24.0 Å². The lowest BCUT2D eigenvalue weighted by Crippen LogP contribution is -2.54. The van der Waals surface area contributed by atoms with E-state index < -0.39 is 41.4 Å². The van der Waals surface area contributed by atoms with E-state index in [2.05, 4.69) is 10.6 Å². The molecule has 2 heterocycles. The summed E-state index contributed by atoms with van der Waals surface area (Å²) in [5, 5.41) is 4.79. The smallest absolute Gasteiger partial charge is 0.407 e. The summed E-state index contributed by atoms with van der Waals surface area (Å²) in [6.07, 6.45) is 3.27. The van der Waals surface area contributed by atoms with Gasteiger partial charge in [0.1, 0.15) is 11.6 Å². The number of carbonyl (C=O) groups excluding carboxylic acids is 5. The highest BCUT2D eigenvalue weighted by Crippen LogP contribution is 2.28. The maximum Gasteiger partial charge on any atom is 0.407 e. The molecule has 0 spiro atoms. The summed E-state index contributed by atoms with van der Waals surface area (Å²) < 4.78 is 26.9. The highest BCUT2D eigenvalue weighted by molar-refractivity contribution is 6.23. The Bertz CT molecular complexity index is 1160. The van der Waals surface area contributed by atoms with Crippen LogP contribution < -0.4 is 10.6 Å². The summed E-state index contributed by atoms with van der Waals surface area (Å²) in [5.41, 5.74) is 0.638. The molecule has 1 aromatic rings. The Morgan fingerprint density at radius 2 is 1.55 bits per heavy atom. The molecule has 3 rings (SSSR count). The van der Waals surface area contributed by atoms with Crippen LogP contribution in [0, 0.1) is 0 Å². The van der Waals surface area contributed by atoms with Crippen molar-refractivity contribution >= 4 is 35.8 Å². The summed E-state index contributed by atoms with van der Waals surface area (Å²) in [4.78, 5) is 61.7. The van der Waals surface area contributed by atoms with E-state index >= 15 is 0 Å². The van der Waals surface area contributed by atoms with Gasteiger partial charge in [-0.2, -0.15) is 0 Å². The van der Waals surface area contributed by atoms with Gasteiger partial charge in [-0.05, 0) is 44.9 Å². The van der Waals surface area contributed by atoms with Crippen LogP contribution in [-0.4, -0.2) is 106 Å². The van der Waals surface area contributed by atoms with Crippen molar-refractivity contribution < 1.29 is 47.7 Å². The van der Waals surface area contributed by atoms with Crippen LogP contribution in [0.4, 0.5) is 4.79 Å². The van der Waals surface area contributed by atoms with Gasteiger partial charge >= 0.3 is 6.09 Å². The molecular formula is C29H39N3O10. The van der Waals surface area contributed by atoms with Crippen LogP contribution in [0.5, 0.6) is 0 Å². The monoisotopic (exact) mass is 589 g/mol. The summed E-state index contributed by atoms with van der Waals surface area (Å²) in [5.74, 6) is -2.13. The lowest BCUT2D eigenvalue weighted by molar-refractivity contribution is -0.136. The van der Waals surface area contributed by atoms with Crippen LogP contribution in [0.3, 0.4) is 0 Å². The van der Waals surface area contributed by atoms with Crippen LogP contribution in [0.25, 0.3) is 6.08 Å². The van der Waals surface area contributed by atoms with Crippen molar-refractivity contribution in [2.45, 2.75) is 45.3 Å². The largest absolute Gasteiger partial charge is 0.444 e. The number of nitrogens with one attached hydrogen (secondary N) is 2. The lowest BCUT2D eigenvalue weighted by atomic mass is 10.0. The van der Waals surface area contributed by atoms with E-state index in [1.54, 1.807) is 51.1 Å². The molecule has 0 saturated carbocycles. The Morgan fingerprint density at radius 1 is 0.929 bits per heavy atom. The zero-order valence-electron chi connectivity index (χ0n) is 24.3. The number of hydrogen-bond donors (Lipinski definition) is 2. The number of nitrogens with zero attached hydrogens (tertiary/aromatic N) is 1. The van der Waals surface area contributed by atoms with E-state index in [0.29, 0.717) is 65.0 Å². The molecule has 5 amide bonds. The van der Waals surface area contributed by atoms with Gasteiger partial charge in [-0.15, -0.1) is 0 Å². The molecule has 1 atom stereocenters. The van der Waals surface area contributed by atoms with Gasteiger partial charge in [0, 0.05) is 13.0 Å². The molecule has 0 bridgehead atoms. The van der Waals surface area contributed by atoms with Crippen molar-refractivity contribution in [3.63, 3.8) is 0 Å². The third kappa shape index (κ3) is 10.3. The molecule has 0 aromatic heterocycles. The van der Waals surface area contributed by atoms with Crippen molar-refractivity contribution in [1.29, 1.82) is 0 Å². The first-order valence-corrected chi connectivity index (χ1v) is 13.9. The van der Waals surface area contributed by atoms with Gasteiger partial charge in [-0.25, -0.2) is 4.79 Å². The number of hydrogen-bond acceptors (Lipinski definition) is 10. The molecular weight excluding hydrogens is 550 g/mol. The van der Waals surface area contributed by atoms with Crippen molar-refractivity contribution in [3.8, 4) is 0 Å². The Morgan fingerprint density at radius 3 is 2.19 bits per heavy atom. The molecule has 230 valence electrons. The first kappa shape index (κ1) is 32.9. The van der Waals surface area contributed by atoms with Gasteiger partial charge in [-0.3, -0.25) is 29.4 Å².